The summed E-state index contributed by atoms with van der Waals surface area (Å²) in [5, 5.41) is 3.27. The van der Waals surface area contributed by atoms with Gasteiger partial charge in [-0.3, -0.25) is 4.79 Å². The highest BCUT2D eigenvalue weighted by atomic mass is 16.5. The Balaban J connectivity index is 1.43. The zero-order valence-electron chi connectivity index (χ0n) is 13.9. The molecule has 0 spiro atoms. The molecule has 1 N–H and O–H groups in total. The van der Waals surface area contributed by atoms with Gasteiger partial charge in [0.2, 0.25) is 5.91 Å². The summed E-state index contributed by atoms with van der Waals surface area (Å²) in [5.41, 5.74) is 1.24. The summed E-state index contributed by atoms with van der Waals surface area (Å²) in [6, 6.07) is 17.9. The van der Waals surface area contributed by atoms with Gasteiger partial charge >= 0.3 is 0 Å². The molecule has 24 heavy (non-hydrogen) atoms. The van der Waals surface area contributed by atoms with E-state index in [1.165, 1.54) is 5.56 Å². The minimum atomic E-state index is 0.278. The van der Waals surface area contributed by atoms with E-state index in [4.69, 9.17) is 4.74 Å². The van der Waals surface area contributed by atoms with Gasteiger partial charge in [-0.2, -0.15) is 0 Å². The maximum absolute atomic E-state index is 12.1. The number of benzene rings is 2. The average molecular weight is 324 g/mol. The molecule has 1 aliphatic rings. The average Bonchev–Trinajstić information content (AvgIpc) is 2.65. The summed E-state index contributed by atoms with van der Waals surface area (Å²) < 4.78 is 5.79. The summed E-state index contributed by atoms with van der Waals surface area (Å²) in [5.74, 6) is 1.95. The SMILES string of the molecule is O=C(CCCc1ccc(Oc2ccccc2)cc1)N1CCNCC1. The first-order valence-corrected chi connectivity index (χ1v) is 8.61. The van der Waals surface area contributed by atoms with Crippen LogP contribution >= 0.6 is 0 Å². The van der Waals surface area contributed by atoms with Crippen LogP contribution in [0.4, 0.5) is 0 Å². The van der Waals surface area contributed by atoms with E-state index in [1.807, 2.05) is 47.4 Å². The summed E-state index contributed by atoms with van der Waals surface area (Å²) >= 11 is 0. The number of aryl methyl sites for hydroxylation is 1. The molecule has 0 atom stereocenters. The molecule has 0 radical (unpaired) electrons. The smallest absolute Gasteiger partial charge is 0.222 e. The molecule has 1 fully saturated rings. The lowest BCUT2D eigenvalue weighted by Crippen LogP contribution is -2.46. The van der Waals surface area contributed by atoms with E-state index in [0.29, 0.717) is 6.42 Å². The molecule has 4 nitrogen and oxygen atoms in total. The first-order valence-electron chi connectivity index (χ1n) is 8.61. The molecule has 2 aromatic rings. The van der Waals surface area contributed by atoms with Crippen molar-refractivity contribution >= 4 is 5.91 Å². The van der Waals surface area contributed by atoms with Crippen molar-refractivity contribution in [3.05, 3.63) is 60.2 Å². The molecule has 0 aromatic heterocycles. The lowest BCUT2D eigenvalue weighted by Gasteiger charge is -2.27. The number of nitrogens with one attached hydrogen (secondary N) is 1. The Morgan fingerprint density at radius 1 is 0.958 bits per heavy atom. The van der Waals surface area contributed by atoms with Crippen LogP contribution in [0, 0.1) is 0 Å². The van der Waals surface area contributed by atoms with Crippen molar-refractivity contribution in [3.8, 4) is 11.5 Å². The molecule has 0 saturated carbocycles. The van der Waals surface area contributed by atoms with E-state index in [1.54, 1.807) is 0 Å². The fraction of sp³-hybridized carbons (Fsp3) is 0.350. The fourth-order valence-corrected chi connectivity index (χ4v) is 2.86. The number of amides is 1. The van der Waals surface area contributed by atoms with E-state index < -0.39 is 0 Å². The van der Waals surface area contributed by atoms with Gasteiger partial charge in [-0.05, 0) is 42.7 Å². The van der Waals surface area contributed by atoms with Gasteiger partial charge in [0.1, 0.15) is 11.5 Å². The number of hydrogen-bond acceptors (Lipinski definition) is 3. The topological polar surface area (TPSA) is 41.6 Å². The highest BCUT2D eigenvalue weighted by Crippen LogP contribution is 2.21. The number of ether oxygens (including phenoxy) is 1. The van der Waals surface area contributed by atoms with Gasteiger partial charge in [0, 0.05) is 32.6 Å². The highest BCUT2D eigenvalue weighted by molar-refractivity contribution is 5.76. The van der Waals surface area contributed by atoms with Gasteiger partial charge in [-0.1, -0.05) is 30.3 Å². The van der Waals surface area contributed by atoms with Crippen LogP contribution in [0.25, 0.3) is 0 Å². The zero-order valence-corrected chi connectivity index (χ0v) is 13.9. The Morgan fingerprint density at radius 2 is 1.62 bits per heavy atom. The van der Waals surface area contributed by atoms with Crippen LogP contribution in [0.15, 0.2) is 54.6 Å². The first kappa shape index (κ1) is 16.5. The maximum atomic E-state index is 12.1. The van der Waals surface area contributed by atoms with Gasteiger partial charge < -0.3 is 15.0 Å². The van der Waals surface area contributed by atoms with Gasteiger partial charge in [0.05, 0.1) is 0 Å². The molecule has 3 rings (SSSR count). The largest absolute Gasteiger partial charge is 0.457 e. The van der Waals surface area contributed by atoms with Crippen LogP contribution in [-0.2, 0) is 11.2 Å². The number of nitrogens with zero attached hydrogens (tertiary/aromatic N) is 1. The third-order valence-electron chi connectivity index (χ3n) is 4.23. The second kappa shape index (κ2) is 8.50. The number of para-hydroxylation sites is 1. The molecule has 1 saturated heterocycles. The third-order valence-corrected chi connectivity index (χ3v) is 4.23. The minimum Gasteiger partial charge on any atom is -0.457 e. The monoisotopic (exact) mass is 324 g/mol. The third kappa shape index (κ3) is 4.83. The molecule has 2 aromatic carbocycles. The molecule has 126 valence electrons. The van der Waals surface area contributed by atoms with Crippen molar-refractivity contribution < 1.29 is 9.53 Å². The molecule has 0 aliphatic carbocycles. The van der Waals surface area contributed by atoms with Crippen LogP contribution < -0.4 is 10.1 Å². The van der Waals surface area contributed by atoms with Crippen molar-refractivity contribution in [1.82, 2.24) is 10.2 Å². The molecule has 4 heteroatoms. The molecular weight excluding hydrogens is 300 g/mol. The number of carbonyl (C=O) groups is 1. The van der Waals surface area contributed by atoms with E-state index in [2.05, 4.69) is 17.4 Å². The van der Waals surface area contributed by atoms with Gasteiger partial charge in [-0.25, -0.2) is 0 Å². The lowest BCUT2D eigenvalue weighted by atomic mass is 10.1. The van der Waals surface area contributed by atoms with E-state index >= 15 is 0 Å². The van der Waals surface area contributed by atoms with E-state index in [0.717, 1.165) is 50.5 Å². The van der Waals surface area contributed by atoms with Crippen molar-refractivity contribution in [3.63, 3.8) is 0 Å². The zero-order chi connectivity index (χ0) is 16.6. The van der Waals surface area contributed by atoms with Gasteiger partial charge in [0.15, 0.2) is 0 Å². The van der Waals surface area contributed by atoms with Crippen molar-refractivity contribution in [1.29, 1.82) is 0 Å². The van der Waals surface area contributed by atoms with Crippen LogP contribution in [0.2, 0.25) is 0 Å². The Hall–Kier alpha value is -2.33. The van der Waals surface area contributed by atoms with Crippen LogP contribution in [0.3, 0.4) is 0 Å². The summed E-state index contributed by atoms with van der Waals surface area (Å²) in [4.78, 5) is 14.1. The van der Waals surface area contributed by atoms with Crippen molar-refractivity contribution in [2.75, 3.05) is 26.2 Å². The number of carbonyl (C=O) groups excluding carboxylic acids is 1. The normalized spacial score (nSPS) is 14.4. The molecule has 1 heterocycles. The van der Waals surface area contributed by atoms with Crippen molar-refractivity contribution in [2.45, 2.75) is 19.3 Å². The number of piperazine rings is 1. The summed E-state index contributed by atoms with van der Waals surface area (Å²) in [6.45, 7) is 3.50. The van der Waals surface area contributed by atoms with Gasteiger partial charge in [-0.15, -0.1) is 0 Å². The molecule has 0 unspecified atom stereocenters. The van der Waals surface area contributed by atoms with Crippen molar-refractivity contribution in [2.24, 2.45) is 0 Å². The highest BCUT2D eigenvalue weighted by Gasteiger charge is 2.15. The Kier molecular flexibility index (Phi) is 5.85. The summed E-state index contributed by atoms with van der Waals surface area (Å²) in [6.07, 6.45) is 2.44. The first-order chi connectivity index (χ1) is 11.8. The van der Waals surface area contributed by atoms with Gasteiger partial charge in [0.25, 0.3) is 0 Å². The van der Waals surface area contributed by atoms with Crippen LogP contribution in [0.5, 0.6) is 11.5 Å². The number of hydrogen-bond donors (Lipinski definition) is 1. The molecule has 0 bridgehead atoms. The fourth-order valence-electron chi connectivity index (χ4n) is 2.86. The molecular formula is C20H24N2O2. The second-order valence-corrected chi connectivity index (χ2v) is 6.04. The Bertz CT molecular complexity index is 634. The molecule has 1 aliphatic heterocycles. The Morgan fingerprint density at radius 3 is 2.33 bits per heavy atom. The quantitative estimate of drug-likeness (QED) is 0.887. The van der Waals surface area contributed by atoms with Crippen LogP contribution in [0.1, 0.15) is 18.4 Å². The summed E-state index contributed by atoms with van der Waals surface area (Å²) in [7, 11) is 0. The lowest BCUT2D eigenvalue weighted by molar-refractivity contribution is -0.131. The second-order valence-electron chi connectivity index (χ2n) is 6.04. The standard InChI is InChI=1S/C20H24N2O2/c23-20(22-15-13-21-14-16-22)8-4-5-17-9-11-19(12-10-17)24-18-6-2-1-3-7-18/h1-3,6-7,9-12,21H,4-5,8,13-16H2. The van der Waals surface area contributed by atoms with E-state index in [-0.39, 0.29) is 5.91 Å². The maximum Gasteiger partial charge on any atom is 0.222 e. The Labute approximate surface area is 143 Å². The minimum absolute atomic E-state index is 0.278. The predicted octanol–water partition coefficient (Wildman–Crippen LogP) is 3.23. The predicted molar refractivity (Wildman–Crippen MR) is 95.3 cm³/mol. The molecule has 1 amide bonds. The van der Waals surface area contributed by atoms with Crippen LogP contribution in [-0.4, -0.2) is 37.0 Å². The number of rotatable bonds is 6. The van der Waals surface area contributed by atoms with E-state index in [9.17, 15) is 4.79 Å².